The third kappa shape index (κ3) is 5.53. The Morgan fingerprint density at radius 1 is 0.474 bits per heavy atom. The second-order valence-corrected chi connectivity index (χ2v) is 11.5. The van der Waals surface area contributed by atoms with Crippen molar-refractivity contribution < 1.29 is 21.4 Å². The number of nitrogens with zero attached hydrogens (tertiary/aromatic N) is 2. The summed E-state index contributed by atoms with van der Waals surface area (Å²) in [5, 5.41) is 5.16. The standard InChI is InChI=1S/C28H21N3O5S2/c29-37(32,33)25-13-9-21(10-14-25)19-1-5-23(6-2-19)27-17-31-28(18-30-27)24-7-3-20(4-8-24)22-11-15-26(16-12-22)38(34,35)36/h1-18H,(H2,29,32,33)(H,34,35,36). The molecule has 38 heavy (non-hydrogen) atoms. The molecule has 0 aliphatic carbocycles. The Morgan fingerprint density at radius 2 is 0.763 bits per heavy atom. The molecule has 0 radical (unpaired) electrons. The van der Waals surface area contributed by atoms with Gasteiger partial charge in [-0.05, 0) is 46.5 Å². The van der Waals surface area contributed by atoms with Crippen LogP contribution in [0.5, 0.6) is 0 Å². The SMILES string of the molecule is NS(=O)(=O)c1ccc(-c2ccc(-c3cnc(-c4ccc(-c5ccc(S(=O)(=O)O)cc5)cc4)cn3)cc2)cc1. The Balaban J connectivity index is 1.30. The van der Waals surface area contributed by atoms with Crippen molar-refractivity contribution in [2.45, 2.75) is 9.79 Å². The van der Waals surface area contributed by atoms with E-state index in [1.165, 1.54) is 24.3 Å². The molecule has 4 aromatic carbocycles. The van der Waals surface area contributed by atoms with Crippen LogP contribution in [-0.4, -0.2) is 31.4 Å². The summed E-state index contributed by atoms with van der Waals surface area (Å²) in [6.45, 7) is 0. The lowest BCUT2D eigenvalue weighted by molar-refractivity contribution is 0.483. The van der Waals surface area contributed by atoms with Crippen LogP contribution in [0, 0.1) is 0 Å². The second kappa shape index (κ2) is 9.92. The van der Waals surface area contributed by atoms with E-state index in [9.17, 15) is 16.8 Å². The molecule has 0 bridgehead atoms. The zero-order valence-electron chi connectivity index (χ0n) is 19.8. The highest BCUT2D eigenvalue weighted by atomic mass is 32.2. The normalized spacial score (nSPS) is 11.8. The van der Waals surface area contributed by atoms with Crippen LogP contribution in [0.1, 0.15) is 0 Å². The molecule has 0 spiro atoms. The van der Waals surface area contributed by atoms with Gasteiger partial charge in [-0.1, -0.05) is 72.8 Å². The maximum atomic E-state index is 11.4. The molecule has 0 atom stereocenters. The molecule has 0 aliphatic rings. The van der Waals surface area contributed by atoms with Crippen LogP contribution in [0.15, 0.2) is 119 Å². The van der Waals surface area contributed by atoms with Gasteiger partial charge in [0.25, 0.3) is 10.1 Å². The van der Waals surface area contributed by atoms with Crippen molar-refractivity contribution in [1.82, 2.24) is 9.97 Å². The van der Waals surface area contributed by atoms with Gasteiger partial charge in [-0.15, -0.1) is 0 Å². The minimum absolute atomic E-state index is 0.0669. The van der Waals surface area contributed by atoms with E-state index in [0.29, 0.717) is 11.4 Å². The van der Waals surface area contributed by atoms with Crippen LogP contribution in [0.4, 0.5) is 0 Å². The van der Waals surface area contributed by atoms with Gasteiger partial charge in [0.2, 0.25) is 10.0 Å². The van der Waals surface area contributed by atoms with Crippen LogP contribution < -0.4 is 5.14 Å². The van der Waals surface area contributed by atoms with Crippen LogP contribution >= 0.6 is 0 Å². The lowest BCUT2D eigenvalue weighted by Crippen LogP contribution is -2.11. The number of nitrogens with two attached hydrogens (primary N) is 1. The van der Waals surface area contributed by atoms with Crippen molar-refractivity contribution in [1.29, 1.82) is 0 Å². The Morgan fingerprint density at radius 3 is 1.05 bits per heavy atom. The molecule has 5 aromatic rings. The maximum Gasteiger partial charge on any atom is 0.294 e. The summed E-state index contributed by atoms with van der Waals surface area (Å²) in [7, 11) is -7.96. The Kier molecular flexibility index (Phi) is 6.64. The molecular formula is C28H21N3O5S2. The minimum atomic E-state index is -4.23. The van der Waals surface area contributed by atoms with E-state index in [0.717, 1.165) is 33.4 Å². The average Bonchev–Trinajstić information content (AvgIpc) is 2.93. The maximum absolute atomic E-state index is 11.4. The highest BCUT2D eigenvalue weighted by Gasteiger charge is 2.10. The van der Waals surface area contributed by atoms with Gasteiger partial charge in [0.15, 0.2) is 0 Å². The molecule has 8 nitrogen and oxygen atoms in total. The molecule has 10 heteroatoms. The predicted molar refractivity (Wildman–Crippen MR) is 145 cm³/mol. The first kappa shape index (κ1) is 25.4. The van der Waals surface area contributed by atoms with Gasteiger partial charge in [-0.25, -0.2) is 13.6 Å². The van der Waals surface area contributed by atoms with Gasteiger partial charge in [0, 0.05) is 11.1 Å². The number of benzene rings is 4. The highest BCUT2D eigenvalue weighted by molar-refractivity contribution is 7.89. The fourth-order valence-electron chi connectivity index (χ4n) is 3.95. The number of hydrogen-bond donors (Lipinski definition) is 2. The number of sulfonamides is 1. The molecule has 0 unspecified atom stereocenters. The zero-order chi connectivity index (χ0) is 26.9. The largest absolute Gasteiger partial charge is 0.294 e. The summed E-state index contributed by atoms with van der Waals surface area (Å²) in [5.41, 5.74) is 6.66. The molecule has 3 N–H and O–H groups in total. The molecule has 1 aromatic heterocycles. The Hall–Kier alpha value is -4.22. The summed E-state index contributed by atoms with van der Waals surface area (Å²) in [6.07, 6.45) is 3.40. The molecule has 0 fully saturated rings. The summed E-state index contributed by atoms with van der Waals surface area (Å²) in [5.74, 6) is 0. The van der Waals surface area contributed by atoms with E-state index in [1.807, 2.05) is 48.5 Å². The lowest BCUT2D eigenvalue weighted by Gasteiger charge is -2.07. The van der Waals surface area contributed by atoms with Crippen LogP contribution in [0.2, 0.25) is 0 Å². The van der Waals surface area contributed by atoms with Gasteiger partial charge < -0.3 is 0 Å². The minimum Gasteiger partial charge on any atom is -0.282 e. The number of primary sulfonamides is 1. The van der Waals surface area contributed by atoms with Crippen molar-refractivity contribution in [3.63, 3.8) is 0 Å². The molecule has 1 heterocycles. The quantitative estimate of drug-likeness (QED) is 0.286. The van der Waals surface area contributed by atoms with Gasteiger partial charge in [-0.3, -0.25) is 14.5 Å². The second-order valence-electron chi connectivity index (χ2n) is 8.51. The van der Waals surface area contributed by atoms with Gasteiger partial charge in [0.1, 0.15) is 0 Å². The summed E-state index contributed by atoms with van der Waals surface area (Å²) in [4.78, 5) is 9.03. The van der Waals surface area contributed by atoms with Crippen molar-refractivity contribution in [3.05, 3.63) is 109 Å². The number of aromatic nitrogens is 2. The molecule has 190 valence electrons. The zero-order valence-corrected chi connectivity index (χ0v) is 21.4. The van der Waals surface area contributed by atoms with E-state index in [4.69, 9.17) is 9.69 Å². The third-order valence-electron chi connectivity index (χ3n) is 6.01. The Bertz CT molecular complexity index is 1660. The van der Waals surface area contributed by atoms with E-state index in [-0.39, 0.29) is 9.79 Å². The summed E-state index contributed by atoms with van der Waals surface area (Å²) in [6, 6.07) is 27.7. The third-order valence-corrected chi connectivity index (χ3v) is 7.81. The summed E-state index contributed by atoms with van der Waals surface area (Å²) >= 11 is 0. The monoisotopic (exact) mass is 543 g/mol. The Labute approximate surface area is 220 Å². The van der Waals surface area contributed by atoms with Gasteiger partial charge in [0.05, 0.1) is 33.6 Å². The first-order chi connectivity index (χ1) is 18.1. The average molecular weight is 544 g/mol. The summed E-state index contributed by atoms with van der Waals surface area (Å²) < 4.78 is 54.5. The smallest absolute Gasteiger partial charge is 0.282 e. The predicted octanol–water partition coefficient (Wildman–Crippen LogP) is 5.04. The van der Waals surface area contributed by atoms with Crippen molar-refractivity contribution in [3.8, 4) is 44.8 Å². The van der Waals surface area contributed by atoms with Crippen molar-refractivity contribution in [2.75, 3.05) is 0 Å². The number of rotatable bonds is 6. The molecule has 5 rings (SSSR count). The molecular weight excluding hydrogens is 522 g/mol. The molecule has 0 amide bonds. The molecule has 0 saturated heterocycles. The molecule has 0 saturated carbocycles. The van der Waals surface area contributed by atoms with E-state index in [1.54, 1.807) is 36.7 Å². The van der Waals surface area contributed by atoms with Crippen LogP contribution in [0.25, 0.3) is 44.8 Å². The van der Waals surface area contributed by atoms with Crippen molar-refractivity contribution >= 4 is 20.1 Å². The first-order valence-electron chi connectivity index (χ1n) is 11.3. The molecule has 0 aliphatic heterocycles. The van der Waals surface area contributed by atoms with Crippen molar-refractivity contribution in [2.24, 2.45) is 5.14 Å². The topological polar surface area (TPSA) is 140 Å². The van der Waals surface area contributed by atoms with E-state index in [2.05, 4.69) is 9.97 Å². The lowest BCUT2D eigenvalue weighted by atomic mass is 10.0. The first-order valence-corrected chi connectivity index (χ1v) is 14.3. The fraction of sp³-hybridized carbons (Fsp3) is 0. The highest BCUT2D eigenvalue weighted by Crippen LogP contribution is 2.27. The van der Waals surface area contributed by atoms with Gasteiger partial charge >= 0.3 is 0 Å². The van der Waals surface area contributed by atoms with Gasteiger partial charge in [-0.2, -0.15) is 8.42 Å². The number of hydrogen-bond acceptors (Lipinski definition) is 6. The van der Waals surface area contributed by atoms with E-state index >= 15 is 0 Å². The van der Waals surface area contributed by atoms with E-state index < -0.39 is 20.1 Å². The van der Waals surface area contributed by atoms with Crippen LogP contribution in [-0.2, 0) is 20.1 Å². The fourth-order valence-corrected chi connectivity index (χ4v) is 4.94. The van der Waals surface area contributed by atoms with Crippen LogP contribution in [0.3, 0.4) is 0 Å².